The van der Waals surface area contributed by atoms with Crippen molar-refractivity contribution in [3.63, 3.8) is 0 Å². The molecule has 0 atom stereocenters. The molecule has 4 heteroatoms. The fourth-order valence-electron chi connectivity index (χ4n) is 2.21. The molecule has 16 heavy (non-hydrogen) atoms. The van der Waals surface area contributed by atoms with Gasteiger partial charge in [-0.1, -0.05) is 19.8 Å². The van der Waals surface area contributed by atoms with Gasteiger partial charge in [0.15, 0.2) is 0 Å². The van der Waals surface area contributed by atoms with E-state index in [-0.39, 0.29) is 11.3 Å². The second-order valence-electron chi connectivity index (χ2n) is 4.68. The van der Waals surface area contributed by atoms with Crippen molar-refractivity contribution in [1.82, 2.24) is 5.32 Å². The zero-order chi connectivity index (χ0) is 11.6. The van der Waals surface area contributed by atoms with Crippen molar-refractivity contribution in [3.8, 4) is 0 Å². The molecule has 0 bridgehead atoms. The van der Waals surface area contributed by atoms with E-state index in [1.54, 1.807) is 11.3 Å². The van der Waals surface area contributed by atoms with E-state index in [2.05, 4.69) is 34.2 Å². The minimum atomic E-state index is -0.117. The van der Waals surface area contributed by atoms with E-state index >= 15 is 0 Å². The maximum atomic E-state index is 12.0. The first-order chi connectivity index (χ1) is 7.60. The molecule has 0 aromatic carbocycles. The summed E-state index contributed by atoms with van der Waals surface area (Å²) >= 11 is 5.09. The lowest BCUT2D eigenvalue weighted by Crippen LogP contribution is -2.36. The summed E-state index contributed by atoms with van der Waals surface area (Å²) in [4.78, 5) is 13.2. The number of rotatable bonds is 3. The third kappa shape index (κ3) is 2.66. The molecule has 1 saturated carbocycles. The van der Waals surface area contributed by atoms with Gasteiger partial charge in [0.05, 0.1) is 6.54 Å². The second-order valence-corrected chi connectivity index (χ2v) is 6.59. The summed E-state index contributed by atoms with van der Waals surface area (Å²) in [5.41, 5.74) is -0.117. The average molecular weight is 302 g/mol. The number of thiophene rings is 1. The molecule has 1 heterocycles. The van der Waals surface area contributed by atoms with Gasteiger partial charge in [-0.25, -0.2) is 0 Å². The monoisotopic (exact) mass is 301 g/mol. The molecule has 0 spiro atoms. The van der Waals surface area contributed by atoms with Crippen LogP contribution in [0.3, 0.4) is 0 Å². The van der Waals surface area contributed by atoms with Crippen molar-refractivity contribution in [2.75, 3.05) is 0 Å². The third-order valence-corrected chi connectivity index (χ3v) is 5.00. The molecule has 1 aromatic heterocycles. The summed E-state index contributed by atoms with van der Waals surface area (Å²) < 4.78 is 1.09. The van der Waals surface area contributed by atoms with Gasteiger partial charge in [0.1, 0.15) is 0 Å². The average Bonchev–Trinajstić information content (AvgIpc) is 2.85. The maximum absolute atomic E-state index is 12.0. The van der Waals surface area contributed by atoms with Gasteiger partial charge >= 0.3 is 0 Å². The molecule has 1 aliphatic rings. The van der Waals surface area contributed by atoms with Crippen LogP contribution in [0.1, 0.15) is 37.5 Å². The number of carbonyl (C=O) groups is 1. The summed E-state index contributed by atoms with van der Waals surface area (Å²) in [5, 5.41) is 5.09. The Morgan fingerprint density at radius 1 is 1.56 bits per heavy atom. The molecule has 0 saturated heterocycles. The van der Waals surface area contributed by atoms with E-state index in [1.165, 1.54) is 17.7 Å². The van der Waals surface area contributed by atoms with Crippen LogP contribution in [0.4, 0.5) is 0 Å². The van der Waals surface area contributed by atoms with Gasteiger partial charge in [0, 0.05) is 20.1 Å². The topological polar surface area (TPSA) is 29.1 Å². The lowest BCUT2D eigenvalue weighted by atomic mass is 9.88. The van der Waals surface area contributed by atoms with E-state index in [4.69, 9.17) is 0 Å². The molecule has 1 aromatic rings. The summed E-state index contributed by atoms with van der Waals surface area (Å²) in [6, 6.07) is 2.06. The fourth-order valence-corrected chi connectivity index (χ4v) is 3.60. The quantitative estimate of drug-likeness (QED) is 0.906. The normalized spacial score (nSPS) is 18.6. The summed E-state index contributed by atoms with van der Waals surface area (Å²) in [6.45, 7) is 2.74. The van der Waals surface area contributed by atoms with Crippen molar-refractivity contribution in [1.29, 1.82) is 0 Å². The highest BCUT2D eigenvalue weighted by atomic mass is 79.9. The molecule has 1 fully saturated rings. The molecular formula is C12H16BrNOS. The standard InChI is InChI=1S/C12H16BrNOS/c1-12(4-2-3-5-12)11(15)14-7-10-6-9(13)8-16-10/h6,8H,2-5,7H2,1H3,(H,14,15). The molecule has 0 radical (unpaired) electrons. The Balaban J connectivity index is 1.88. The van der Waals surface area contributed by atoms with Crippen LogP contribution in [-0.4, -0.2) is 5.91 Å². The Bertz CT molecular complexity index is 382. The maximum Gasteiger partial charge on any atom is 0.226 e. The van der Waals surface area contributed by atoms with Crippen LogP contribution >= 0.6 is 27.3 Å². The predicted molar refractivity (Wildman–Crippen MR) is 70.4 cm³/mol. The van der Waals surface area contributed by atoms with Gasteiger partial charge in [-0.2, -0.15) is 0 Å². The molecule has 0 unspecified atom stereocenters. The van der Waals surface area contributed by atoms with Crippen molar-refractivity contribution in [2.45, 2.75) is 39.2 Å². The molecule has 1 amide bonds. The first-order valence-corrected chi connectivity index (χ1v) is 7.29. The first kappa shape index (κ1) is 12.1. The van der Waals surface area contributed by atoms with Crippen molar-refractivity contribution in [3.05, 3.63) is 20.8 Å². The van der Waals surface area contributed by atoms with Gasteiger partial charge < -0.3 is 5.32 Å². The van der Waals surface area contributed by atoms with E-state index in [0.717, 1.165) is 17.3 Å². The molecule has 1 N–H and O–H groups in total. The first-order valence-electron chi connectivity index (χ1n) is 5.61. The molecule has 88 valence electrons. The van der Waals surface area contributed by atoms with E-state index in [1.807, 2.05) is 5.38 Å². The van der Waals surface area contributed by atoms with Crippen LogP contribution in [0.2, 0.25) is 0 Å². The smallest absolute Gasteiger partial charge is 0.226 e. The molecule has 2 rings (SSSR count). The number of halogens is 1. The highest BCUT2D eigenvalue weighted by Gasteiger charge is 2.35. The summed E-state index contributed by atoms with van der Waals surface area (Å²) in [5.74, 6) is 0.217. The van der Waals surface area contributed by atoms with Gasteiger partial charge in [0.25, 0.3) is 0 Å². The minimum Gasteiger partial charge on any atom is -0.351 e. The molecule has 2 nitrogen and oxygen atoms in total. The van der Waals surface area contributed by atoms with Crippen LogP contribution < -0.4 is 5.32 Å². The van der Waals surface area contributed by atoms with Crippen molar-refractivity contribution >= 4 is 33.2 Å². The highest BCUT2D eigenvalue weighted by molar-refractivity contribution is 9.10. The highest BCUT2D eigenvalue weighted by Crippen LogP contribution is 2.37. The van der Waals surface area contributed by atoms with E-state index in [9.17, 15) is 4.79 Å². The SMILES string of the molecule is CC1(C(=O)NCc2cc(Br)cs2)CCCC1. The predicted octanol–water partition coefficient (Wildman–Crippen LogP) is 3.71. The number of hydrogen-bond donors (Lipinski definition) is 1. The minimum absolute atomic E-state index is 0.117. The zero-order valence-electron chi connectivity index (χ0n) is 9.38. The Morgan fingerprint density at radius 2 is 2.25 bits per heavy atom. The van der Waals surface area contributed by atoms with Gasteiger partial charge in [0.2, 0.25) is 5.91 Å². The van der Waals surface area contributed by atoms with Gasteiger partial charge in [-0.3, -0.25) is 4.79 Å². The number of hydrogen-bond acceptors (Lipinski definition) is 2. The van der Waals surface area contributed by atoms with Gasteiger partial charge in [-0.15, -0.1) is 11.3 Å². The molecule has 0 aliphatic heterocycles. The fraction of sp³-hybridized carbons (Fsp3) is 0.583. The molecule has 1 aliphatic carbocycles. The van der Waals surface area contributed by atoms with E-state index < -0.39 is 0 Å². The Morgan fingerprint density at radius 3 is 2.81 bits per heavy atom. The van der Waals surface area contributed by atoms with Crippen LogP contribution in [-0.2, 0) is 11.3 Å². The zero-order valence-corrected chi connectivity index (χ0v) is 11.8. The Kier molecular flexibility index (Phi) is 3.70. The van der Waals surface area contributed by atoms with Gasteiger partial charge in [-0.05, 0) is 34.8 Å². The Hall–Kier alpha value is -0.350. The lowest BCUT2D eigenvalue weighted by Gasteiger charge is -2.21. The lowest BCUT2D eigenvalue weighted by molar-refractivity contribution is -0.130. The second kappa shape index (κ2) is 4.88. The largest absolute Gasteiger partial charge is 0.351 e. The summed E-state index contributed by atoms with van der Waals surface area (Å²) in [6.07, 6.45) is 4.45. The van der Waals surface area contributed by atoms with Crippen molar-refractivity contribution in [2.24, 2.45) is 5.41 Å². The number of amides is 1. The van der Waals surface area contributed by atoms with Crippen LogP contribution in [0.25, 0.3) is 0 Å². The number of carbonyl (C=O) groups excluding carboxylic acids is 1. The molecular weight excluding hydrogens is 286 g/mol. The van der Waals surface area contributed by atoms with Crippen molar-refractivity contribution < 1.29 is 4.79 Å². The van der Waals surface area contributed by atoms with Crippen LogP contribution in [0, 0.1) is 5.41 Å². The Labute approximate surface area is 109 Å². The van der Waals surface area contributed by atoms with E-state index in [0.29, 0.717) is 6.54 Å². The third-order valence-electron chi connectivity index (χ3n) is 3.30. The van der Waals surface area contributed by atoms with Crippen LogP contribution in [0.15, 0.2) is 15.9 Å². The number of nitrogens with one attached hydrogen (secondary N) is 1. The van der Waals surface area contributed by atoms with Crippen LogP contribution in [0.5, 0.6) is 0 Å². The summed E-state index contributed by atoms with van der Waals surface area (Å²) in [7, 11) is 0.